The number of nitrogens with one attached hydrogen (secondary N) is 3. The number of amides is 3. The van der Waals surface area contributed by atoms with Crippen LogP contribution in [0.25, 0.3) is 0 Å². The molecule has 2 rings (SSSR count). The van der Waals surface area contributed by atoms with Gasteiger partial charge in [-0.05, 0) is 35.6 Å². The Bertz CT molecular complexity index is 1060. The Kier molecular flexibility index (Phi) is 11.4. The largest absolute Gasteiger partial charge is 0.508 e. The Morgan fingerprint density at radius 1 is 0.811 bits per heavy atom. The van der Waals surface area contributed by atoms with Crippen molar-refractivity contribution in [2.24, 2.45) is 11.7 Å². The molecule has 10 nitrogen and oxygen atoms in total. The number of aromatic hydroxyl groups is 1. The average molecular weight is 531 g/mol. The molecule has 7 N–H and O–H groups in total. The van der Waals surface area contributed by atoms with Crippen molar-refractivity contribution in [2.75, 3.05) is 5.75 Å². The summed E-state index contributed by atoms with van der Waals surface area (Å²) >= 11 is 4.13. The minimum atomic E-state index is -1.20. The third-order valence-electron chi connectivity index (χ3n) is 5.69. The minimum Gasteiger partial charge on any atom is -0.508 e. The number of carbonyl (C=O) groups excluding carboxylic acids is 3. The van der Waals surface area contributed by atoms with E-state index in [0.717, 1.165) is 5.56 Å². The molecule has 4 unspecified atom stereocenters. The number of phenols is 1. The number of rotatable bonds is 13. The molecule has 0 radical (unpaired) electrons. The number of aliphatic carboxylic acids is 1. The number of carbonyl (C=O) groups is 4. The van der Waals surface area contributed by atoms with Crippen molar-refractivity contribution in [1.82, 2.24) is 16.0 Å². The first-order valence-corrected chi connectivity index (χ1v) is 12.5. The molecule has 0 aliphatic heterocycles. The minimum absolute atomic E-state index is 0.0450. The standard InChI is InChI=1S/C26H34N4O6S/c1-15(2)22(26(35)36)30-25(34)21(14-37)29-24(33)20(13-17-8-10-18(31)11-9-17)28-23(32)19(27)12-16-6-4-3-5-7-16/h3-11,15,19-22,31,37H,12-14,27H2,1-2H3,(H,28,32)(H,29,33)(H,30,34)(H,35,36). The number of hydrogen-bond acceptors (Lipinski definition) is 7. The lowest BCUT2D eigenvalue weighted by Gasteiger charge is -2.25. The highest BCUT2D eigenvalue weighted by Crippen LogP contribution is 2.12. The van der Waals surface area contributed by atoms with E-state index in [1.54, 1.807) is 26.0 Å². The predicted octanol–water partition coefficient (Wildman–Crippen LogP) is 0.630. The first-order chi connectivity index (χ1) is 17.5. The van der Waals surface area contributed by atoms with Gasteiger partial charge in [-0.15, -0.1) is 0 Å². The smallest absolute Gasteiger partial charge is 0.326 e. The lowest BCUT2D eigenvalue weighted by molar-refractivity contribution is -0.143. The third-order valence-corrected chi connectivity index (χ3v) is 6.06. The van der Waals surface area contributed by atoms with E-state index in [1.165, 1.54) is 12.1 Å². The van der Waals surface area contributed by atoms with Crippen LogP contribution < -0.4 is 21.7 Å². The van der Waals surface area contributed by atoms with Crippen LogP contribution in [0.15, 0.2) is 54.6 Å². The Balaban J connectivity index is 2.17. The number of nitrogens with two attached hydrogens (primary N) is 1. The van der Waals surface area contributed by atoms with E-state index in [-0.39, 0.29) is 30.3 Å². The number of phenolic OH excluding ortho intramolecular Hbond substituents is 1. The van der Waals surface area contributed by atoms with E-state index in [9.17, 15) is 29.4 Å². The van der Waals surface area contributed by atoms with Gasteiger partial charge in [-0.2, -0.15) is 12.6 Å². The van der Waals surface area contributed by atoms with Crippen LogP contribution in [-0.2, 0) is 32.0 Å². The Morgan fingerprint density at radius 2 is 1.35 bits per heavy atom. The van der Waals surface area contributed by atoms with Gasteiger partial charge in [0.1, 0.15) is 23.9 Å². The highest BCUT2D eigenvalue weighted by molar-refractivity contribution is 7.80. The summed E-state index contributed by atoms with van der Waals surface area (Å²) < 4.78 is 0. The topological polar surface area (TPSA) is 171 Å². The molecule has 4 atom stereocenters. The van der Waals surface area contributed by atoms with Crippen LogP contribution in [-0.4, -0.2) is 63.8 Å². The van der Waals surface area contributed by atoms with Gasteiger partial charge in [0.25, 0.3) is 0 Å². The van der Waals surface area contributed by atoms with Gasteiger partial charge in [0.15, 0.2) is 0 Å². The van der Waals surface area contributed by atoms with E-state index in [0.29, 0.717) is 5.56 Å². The fourth-order valence-electron chi connectivity index (χ4n) is 3.55. The number of benzene rings is 2. The molecular weight excluding hydrogens is 496 g/mol. The normalized spacial score (nSPS) is 14.2. The summed E-state index contributed by atoms with van der Waals surface area (Å²) in [5, 5.41) is 26.5. The zero-order valence-electron chi connectivity index (χ0n) is 20.8. The first kappa shape index (κ1) is 29.7. The SMILES string of the molecule is CC(C)C(NC(=O)C(CS)NC(=O)C(Cc1ccc(O)cc1)NC(=O)C(N)Cc1ccccc1)C(=O)O. The van der Waals surface area contributed by atoms with Gasteiger partial charge in [-0.1, -0.05) is 56.3 Å². The van der Waals surface area contributed by atoms with E-state index < -0.39 is 47.9 Å². The molecule has 37 heavy (non-hydrogen) atoms. The second-order valence-electron chi connectivity index (χ2n) is 9.04. The van der Waals surface area contributed by atoms with Crippen LogP contribution in [0, 0.1) is 5.92 Å². The summed E-state index contributed by atoms with van der Waals surface area (Å²) in [6, 6.07) is 11.0. The molecule has 0 heterocycles. The Labute approximate surface area is 221 Å². The molecule has 0 bridgehead atoms. The average Bonchev–Trinajstić information content (AvgIpc) is 2.86. The van der Waals surface area contributed by atoms with E-state index in [2.05, 4.69) is 28.6 Å². The van der Waals surface area contributed by atoms with Crippen LogP contribution in [0.3, 0.4) is 0 Å². The summed E-state index contributed by atoms with van der Waals surface area (Å²) in [4.78, 5) is 50.3. The van der Waals surface area contributed by atoms with E-state index in [1.807, 2.05) is 30.3 Å². The fraction of sp³-hybridized carbons (Fsp3) is 0.385. The van der Waals surface area contributed by atoms with Crippen molar-refractivity contribution in [1.29, 1.82) is 0 Å². The summed E-state index contributed by atoms with van der Waals surface area (Å²) in [5.41, 5.74) is 7.59. The number of carboxylic acids is 1. The molecule has 3 amide bonds. The van der Waals surface area contributed by atoms with Crippen molar-refractivity contribution in [3.05, 3.63) is 65.7 Å². The van der Waals surface area contributed by atoms with Crippen LogP contribution >= 0.6 is 12.6 Å². The molecule has 0 saturated heterocycles. The number of carboxylic acid groups (broad SMARTS) is 1. The van der Waals surface area contributed by atoms with Crippen LogP contribution in [0.2, 0.25) is 0 Å². The highest BCUT2D eigenvalue weighted by Gasteiger charge is 2.31. The monoisotopic (exact) mass is 530 g/mol. The number of thiol groups is 1. The fourth-order valence-corrected chi connectivity index (χ4v) is 3.81. The molecule has 0 aliphatic rings. The zero-order chi connectivity index (χ0) is 27.5. The summed E-state index contributed by atoms with van der Waals surface area (Å²) in [6.45, 7) is 3.30. The van der Waals surface area contributed by atoms with Gasteiger partial charge >= 0.3 is 5.97 Å². The predicted molar refractivity (Wildman–Crippen MR) is 142 cm³/mol. The van der Waals surface area contributed by atoms with Crippen LogP contribution in [0.5, 0.6) is 5.75 Å². The molecule has 0 spiro atoms. The summed E-state index contributed by atoms with van der Waals surface area (Å²) in [5.74, 6) is -3.57. The Morgan fingerprint density at radius 3 is 1.89 bits per heavy atom. The van der Waals surface area contributed by atoms with Crippen molar-refractivity contribution in [3.8, 4) is 5.75 Å². The maximum absolute atomic E-state index is 13.2. The van der Waals surface area contributed by atoms with Gasteiger partial charge < -0.3 is 31.9 Å². The van der Waals surface area contributed by atoms with Crippen molar-refractivity contribution >= 4 is 36.3 Å². The lowest BCUT2D eigenvalue weighted by Crippen LogP contribution is -2.58. The zero-order valence-corrected chi connectivity index (χ0v) is 21.7. The second kappa shape index (κ2) is 14.2. The van der Waals surface area contributed by atoms with Crippen LogP contribution in [0.1, 0.15) is 25.0 Å². The molecule has 0 aliphatic carbocycles. The van der Waals surface area contributed by atoms with Crippen molar-refractivity contribution in [3.63, 3.8) is 0 Å². The molecule has 2 aromatic rings. The molecule has 0 aromatic heterocycles. The maximum atomic E-state index is 13.2. The third kappa shape index (κ3) is 9.43. The second-order valence-corrected chi connectivity index (χ2v) is 9.41. The van der Waals surface area contributed by atoms with Crippen molar-refractivity contribution in [2.45, 2.75) is 50.9 Å². The summed E-state index contributed by atoms with van der Waals surface area (Å²) in [7, 11) is 0. The molecule has 0 fully saturated rings. The first-order valence-electron chi connectivity index (χ1n) is 11.8. The quantitative estimate of drug-likeness (QED) is 0.186. The van der Waals surface area contributed by atoms with Gasteiger partial charge in [0.05, 0.1) is 6.04 Å². The Hall–Kier alpha value is -3.57. The molecule has 200 valence electrons. The molecule has 2 aromatic carbocycles. The summed E-state index contributed by atoms with van der Waals surface area (Å²) in [6.07, 6.45) is 0.314. The van der Waals surface area contributed by atoms with Gasteiger partial charge in [0.2, 0.25) is 17.7 Å². The molecule has 0 saturated carbocycles. The van der Waals surface area contributed by atoms with Gasteiger partial charge in [0, 0.05) is 12.2 Å². The molecule has 11 heteroatoms. The van der Waals surface area contributed by atoms with E-state index >= 15 is 0 Å². The number of hydrogen-bond donors (Lipinski definition) is 7. The van der Waals surface area contributed by atoms with Gasteiger partial charge in [-0.25, -0.2) is 4.79 Å². The van der Waals surface area contributed by atoms with Crippen molar-refractivity contribution < 1.29 is 29.4 Å². The van der Waals surface area contributed by atoms with Gasteiger partial charge in [-0.3, -0.25) is 14.4 Å². The highest BCUT2D eigenvalue weighted by atomic mass is 32.1. The molecular formula is C26H34N4O6S. The van der Waals surface area contributed by atoms with Crippen LogP contribution in [0.4, 0.5) is 0 Å². The lowest BCUT2D eigenvalue weighted by atomic mass is 10.0. The van der Waals surface area contributed by atoms with E-state index in [4.69, 9.17) is 5.73 Å². The maximum Gasteiger partial charge on any atom is 0.326 e.